The maximum absolute atomic E-state index is 12.2. The first-order valence-corrected chi connectivity index (χ1v) is 10.3. The van der Waals surface area contributed by atoms with Gasteiger partial charge in [0.2, 0.25) is 0 Å². The molecule has 3 rings (SSSR count). The van der Waals surface area contributed by atoms with Gasteiger partial charge in [-0.2, -0.15) is 8.78 Å². The lowest BCUT2D eigenvalue weighted by Crippen LogP contribution is -2.13. The van der Waals surface area contributed by atoms with E-state index in [-0.39, 0.29) is 5.75 Å². The maximum atomic E-state index is 12.2. The van der Waals surface area contributed by atoms with Crippen molar-refractivity contribution < 1.29 is 13.5 Å². The van der Waals surface area contributed by atoms with E-state index in [0.717, 1.165) is 30.2 Å². The summed E-state index contributed by atoms with van der Waals surface area (Å²) >= 11 is 0. The van der Waals surface area contributed by atoms with Crippen molar-refractivity contribution in [3.8, 4) is 5.75 Å². The Labute approximate surface area is 161 Å². The Balaban J connectivity index is 1.48. The van der Waals surface area contributed by atoms with E-state index in [1.54, 1.807) is 12.1 Å². The van der Waals surface area contributed by atoms with E-state index < -0.39 is 6.61 Å². The van der Waals surface area contributed by atoms with Gasteiger partial charge in [0.05, 0.1) is 0 Å². The SMILES string of the molecule is CCC[C@H]1CC[C@H](c2ccc(CCc3ccc(OC(F)F)cc3)cc2)CC1. The molecule has 0 aliphatic heterocycles. The third-order valence-electron chi connectivity index (χ3n) is 5.85. The zero-order chi connectivity index (χ0) is 19.1. The van der Waals surface area contributed by atoms with Crippen LogP contribution in [0, 0.1) is 5.92 Å². The summed E-state index contributed by atoms with van der Waals surface area (Å²) in [6.07, 6.45) is 9.98. The molecule has 2 aromatic carbocycles. The third kappa shape index (κ3) is 6.05. The largest absolute Gasteiger partial charge is 0.435 e. The Morgan fingerprint density at radius 3 is 1.93 bits per heavy atom. The molecule has 1 saturated carbocycles. The molecule has 0 atom stereocenters. The second kappa shape index (κ2) is 9.87. The van der Waals surface area contributed by atoms with Crippen molar-refractivity contribution in [2.45, 2.75) is 70.8 Å². The number of rotatable bonds is 8. The van der Waals surface area contributed by atoms with Crippen molar-refractivity contribution in [2.75, 3.05) is 0 Å². The summed E-state index contributed by atoms with van der Waals surface area (Å²) in [4.78, 5) is 0. The predicted octanol–water partition coefficient (Wildman–Crippen LogP) is 7.15. The monoisotopic (exact) mass is 372 g/mol. The van der Waals surface area contributed by atoms with E-state index in [1.807, 2.05) is 12.1 Å². The fourth-order valence-corrected chi connectivity index (χ4v) is 4.28. The third-order valence-corrected chi connectivity index (χ3v) is 5.85. The molecule has 0 radical (unpaired) electrons. The van der Waals surface area contributed by atoms with E-state index in [9.17, 15) is 8.78 Å². The van der Waals surface area contributed by atoms with E-state index in [2.05, 4.69) is 35.9 Å². The van der Waals surface area contributed by atoms with Crippen molar-refractivity contribution in [3.63, 3.8) is 0 Å². The molecule has 0 bridgehead atoms. The normalized spacial score (nSPS) is 20.0. The predicted molar refractivity (Wildman–Crippen MR) is 107 cm³/mol. The number of hydrogen-bond acceptors (Lipinski definition) is 1. The zero-order valence-corrected chi connectivity index (χ0v) is 16.2. The van der Waals surface area contributed by atoms with Crippen LogP contribution in [0.1, 0.15) is 68.1 Å². The van der Waals surface area contributed by atoms with Gasteiger partial charge in [-0.3, -0.25) is 0 Å². The summed E-state index contributed by atoms with van der Waals surface area (Å²) in [7, 11) is 0. The molecule has 2 aromatic rings. The van der Waals surface area contributed by atoms with Crippen molar-refractivity contribution in [3.05, 3.63) is 65.2 Å². The minimum Gasteiger partial charge on any atom is -0.435 e. The first-order valence-electron chi connectivity index (χ1n) is 10.3. The van der Waals surface area contributed by atoms with Crippen LogP contribution >= 0.6 is 0 Å². The summed E-state index contributed by atoms with van der Waals surface area (Å²) in [5.74, 6) is 1.89. The van der Waals surface area contributed by atoms with Crippen LogP contribution < -0.4 is 4.74 Å². The van der Waals surface area contributed by atoms with Crippen molar-refractivity contribution in [2.24, 2.45) is 5.92 Å². The van der Waals surface area contributed by atoms with Crippen LogP contribution in [0.25, 0.3) is 0 Å². The van der Waals surface area contributed by atoms with Crippen LogP contribution in [0.5, 0.6) is 5.75 Å². The van der Waals surface area contributed by atoms with Crippen LogP contribution in [-0.2, 0) is 12.8 Å². The molecule has 0 unspecified atom stereocenters. The van der Waals surface area contributed by atoms with Gasteiger partial charge in [0, 0.05) is 0 Å². The lowest BCUT2D eigenvalue weighted by Gasteiger charge is -2.28. The van der Waals surface area contributed by atoms with Gasteiger partial charge in [0.15, 0.2) is 0 Å². The van der Waals surface area contributed by atoms with Gasteiger partial charge in [-0.25, -0.2) is 0 Å². The Bertz CT molecular complexity index is 671. The molecule has 1 fully saturated rings. The highest BCUT2D eigenvalue weighted by atomic mass is 19.3. The molecule has 1 aliphatic carbocycles. The quantitative estimate of drug-likeness (QED) is 0.478. The van der Waals surface area contributed by atoms with Crippen LogP contribution in [0.3, 0.4) is 0 Å². The fourth-order valence-electron chi connectivity index (χ4n) is 4.28. The Morgan fingerprint density at radius 1 is 0.852 bits per heavy atom. The van der Waals surface area contributed by atoms with Crippen LogP contribution in [-0.4, -0.2) is 6.61 Å². The molecule has 27 heavy (non-hydrogen) atoms. The highest BCUT2D eigenvalue weighted by Crippen LogP contribution is 2.37. The topological polar surface area (TPSA) is 9.23 Å². The molecule has 1 aliphatic rings. The first kappa shape index (κ1) is 19.9. The molecule has 0 heterocycles. The van der Waals surface area contributed by atoms with Gasteiger partial charge >= 0.3 is 6.61 Å². The Kier molecular flexibility index (Phi) is 7.25. The number of benzene rings is 2. The van der Waals surface area contributed by atoms with Crippen LogP contribution in [0.2, 0.25) is 0 Å². The smallest absolute Gasteiger partial charge is 0.387 e. The molecular formula is C24H30F2O. The van der Waals surface area contributed by atoms with Gasteiger partial charge in [0.25, 0.3) is 0 Å². The summed E-state index contributed by atoms with van der Waals surface area (Å²) in [5.41, 5.74) is 3.95. The van der Waals surface area contributed by atoms with Crippen molar-refractivity contribution in [1.82, 2.24) is 0 Å². The standard InChI is InChI=1S/C24H30F2O/c1-2-3-18-6-12-21(13-7-18)22-14-8-19(9-15-22)4-5-20-10-16-23(17-11-20)27-24(25)26/h8-11,14-18,21,24H,2-7,12-13H2,1H3/t18-,21-. The lowest BCUT2D eigenvalue weighted by atomic mass is 9.77. The van der Waals surface area contributed by atoms with Gasteiger partial charge < -0.3 is 4.74 Å². The maximum Gasteiger partial charge on any atom is 0.387 e. The summed E-state index contributed by atoms with van der Waals surface area (Å²) in [5, 5.41) is 0. The highest BCUT2D eigenvalue weighted by Gasteiger charge is 2.21. The molecule has 0 amide bonds. The molecule has 146 valence electrons. The van der Waals surface area contributed by atoms with E-state index in [0.29, 0.717) is 0 Å². The van der Waals surface area contributed by atoms with Gasteiger partial charge in [-0.05, 0) is 79.2 Å². The zero-order valence-electron chi connectivity index (χ0n) is 16.2. The Morgan fingerprint density at radius 2 is 1.41 bits per heavy atom. The summed E-state index contributed by atoms with van der Waals surface area (Å²) < 4.78 is 28.8. The van der Waals surface area contributed by atoms with Gasteiger partial charge in [0.1, 0.15) is 5.75 Å². The second-order valence-corrected chi connectivity index (χ2v) is 7.77. The van der Waals surface area contributed by atoms with E-state index in [1.165, 1.54) is 49.7 Å². The molecular weight excluding hydrogens is 342 g/mol. The van der Waals surface area contributed by atoms with E-state index in [4.69, 9.17) is 0 Å². The number of ether oxygens (including phenoxy) is 1. The molecule has 0 spiro atoms. The number of alkyl halides is 2. The molecule has 0 N–H and O–H groups in total. The minimum absolute atomic E-state index is 0.215. The van der Waals surface area contributed by atoms with E-state index >= 15 is 0 Å². The highest BCUT2D eigenvalue weighted by molar-refractivity contribution is 5.30. The first-order chi connectivity index (χ1) is 13.1. The van der Waals surface area contributed by atoms with Crippen LogP contribution in [0.4, 0.5) is 8.78 Å². The van der Waals surface area contributed by atoms with Gasteiger partial charge in [-0.1, -0.05) is 56.2 Å². The molecule has 0 saturated heterocycles. The number of aryl methyl sites for hydroxylation is 2. The van der Waals surface area contributed by atoms with Crippen molar-refractivity contribution >= 4 is 0 Å². The summed E-state index contributed by atoms with van der Waals surface area (Å²) in [6, 6.07) is 16.1. The average Bonchev–Trinajstić information content (AvgIpc) is 2.68. The van der Waals surface area contributed by atoms with Gasteiger partial charge in [-0.15, -0.1) is 0 Å². The van der Waals surface area contributed by atoms with Crippen LogP contribution in [0.15, 0.2) is 48.5 Å². The second-order valence-electron chi connectivity index (χ2n) is 7.77. The summed E-state index contributed by atoms with van der Waals surface area (Å²) in [6.45, 7) is -0.479. The molecule has 1 nitrogen and oxygen atoms in total. The van der Waals surface area contributed by atoms with Crippen molar-refractivity contribution in [1.29, 1.82) is 0 Å². The Hall–Kier alpha value is -1.90. The fraction of sp³-hybridized carbons (Fsp3) is 0.500. The molecule has 0 aromatic heterocycles. The number of halogens is 2. The average molecular weight is 372 g/mol. The minimum atomic E-state index is -2.77. The lowest BCUT2D eigenvalue weighted by molar-refractivity contribution is -0.0498. The number of hydrogen-bond donors (Lipinski definition) is 0. The molecule has 3 heteroatoms.